The van der Waals surface area contributed by atoms with E-state index in [4.69, 9.17) is 5.10 Å². The first-order valence-electron chi connectivity index (χ1n) is 10.5. The lowest BCUT2D eigenvalue weighted by Crippen LogP contribution is -2.45. The van der Waals surface area contributed by atoms with Crippen LogP contribution in [0.2, 0.25) is 0 Å². The Morgan fingerprint density at radius 3 is 2.79 bits per heavy atom. The van der Waals surface area contributed by atoms with Crippen LogP contribution in [-0.2, 0) is 0 Å². The molecule has 9 nitrogen and oxygen atoms in total. The first kappa shape index (κ1) is 19.0. The molecule has 5 heterocycles. The molecule has 33 heavy (non-hydrogen) atoms. The average Bonchev–Trinajstić information content (AvgIpc) is 3.43. The van der Waals surface area contributed by atoms with Crippen LogP contribution in [0.15, 0.2) is 66.5 Å². The van der Waals surface area contributed by atoms with Crippen molar-refractivity contribution < 1.29 is 0 Å². The van der Waals surface area contributed by atoms with Gasteiger partial charge in [0.15, 0.2) is 5.82 Å². The van der Waals surface area contributed by atoms with Crippen LogP contribution < -0.4 is 10.5 Å². The number of para-hydroxylation sites is 1. The van der Waals surface area contributed by atoms with Gasteiger partial charge in [-0.2, -0.15) is 10.4 Å². The third-order valence-corrected chi connectivity index (χ3v) is 6.14. The lowest BCUT2D eigenvalue weighted by atomic mass is 10.0. The number of aromatic nitrogens is 6. The van der Waals surface area contributed by atoms with Crippen molar-refractivity contribution in [2.45, 2.75) is 12.5 Å². The van der Waals surface area contributed by atoms with E-state index in [2.05, 4.69) is 32.5 Å². The zero-order valence-electron chi connectivity index (χ0n) is 17.5. The minimum Gasteiger partial charge on any atom is -0.345 e. The van der Waals surface area contributed by atoms with Crippen LogP contribution in [0.1, 0.15) is 29.4 Å². The highest BCUT2D eigenvalue weighted by atomic mass is 16.1. The summed E-state index contributed by atoms with van der Waals surface area (Å²) in [6.45, 7) is 4.55. The molecule has 6 rings (SSSR count). The SMILES string of the molecule is C=Cc1ccn2nc([C@@H]3CCN3c3ncnc4[nH]cc(C#N)c34)n(-c3ccccc3)c(=O)c12. The highest BCUT2D eigenvalue weighted by molar-refractivity contribution is 5.93. The third kappa shape index (κ3) is 2.71. The Balaban J connectivity index is 1.58. The van der Waals surface area contributed by atoms with Crippen molar-refractivity contribution >= 4 is 28.4 Å². The van der Waals surface area contributed by atoms with Gasteiger partial charge in [-0.25, -0.2) is 14.5 Å². The molecular weight excluding hydrogens is 416 g/mol. The van der Waals surface area contributed by atoms with E-state index in [1.54, 1.807) is 27.6 Å². The van der Waals surface area contributed by atoms with Crippen LogP contribution in [0.25, 0.3) is 28.3 Å². The van der Waals surface area contributed by atoms with Gasteiger partial charge in [-0.05, 0) is 24.6 Å². The first-order valence-corrected chi connectivity index (χ1v) is 10.5. The predicted octanol–water partition coefficient (Wildman–Crippen LogP) is 3.22. The average molecular weight is 434 g/mol. The summed E-state index contributed by atoms with van der Waals surface area (Å²) in [5.41, 5.74) is 2.87. The van der Waals surface area contributed by atoms with Crippen molar-refractivity contribution in [3.05, 3.63) is 89.0 Å². The second kappa shape index (κ2) is 7.17. The largest absolute Gasteiger partial charge is 0.345 e. The lowest BCUT2D eigenvalue weighted by Gasteiger charge is -2.42. The highest BCUT2D eigenvalue weighted by Crippen LogP contribution is 2.39. The van der Waals surface area contributed by atoms with Crippen molar-refractivity contribution in [1.82, 2.24) is 29.1 Å². The van der Waals surface area contributed by atoms with Crippen LogP contribution in [0.3, 0.4) is 0 Å². The first-order chi connectivity index (χ1) is 16.2. The minimum atomic E-state index is -0.198. The number of benzene rings is 1. The van der Waals surface area contributed by atoms with Crippen LogP contribution in [0, 0.1) is 11.3 Å². The van der Waals surface area contributed by atoms with E-state index in [1.165, 1.54) is 6.33 Å². The molecule has 1 fully saturated rings. The molecule has 5 aromatic rings. The Labute approximate surface area is 187 Å². The van der Waals surface area contributed by atoms with Gasteiger partial charge in [-0.3, -0.25) is 9.36 Å². The molecular formula is C24H18N8O. The summed E-state index contributed by atoms with van der Waals surface area (Å²) in [5.74, 6) is 1.26. The molecule has 0 bridgehead atoms. The number of anilines is 1. The molecule has 1 aliphatic rings. The normalized spacial score (nSPS) is 15.5. The summed E-state index contributed by atoms with van der Waals surface area (Å²) in [7, 11) is 0. The van der Waals surface area contributed by atoms with Crippen LogP contribution in [0.4, 0.5) is 5.82 Å². The molecule has 1 aromatic carbocycles. The number of nitrogens with one attached hydrogen (secondary N) is 1. The van der Waals surface area contributed by atoms with Crippen molar-refractivity contribution in [3.63, 3.8) is 0 Å². The predicted molar refractivity (Wildman–Crippen MR) is 124 cm³/mol. The number of hydrogen-bond acceptors (Lipinski definition) is 6. The zero-order valence-corrected chi connectivity index (χ0v) is 17.5. The van der Waals surface area contributed by atoms with Crippen LogP contribution >= 0.6 is 0 Å². The Morgan fingerprint density at radius 1 is 1.21 bits per heavy atom. The number of rotatable bonds is 4. The monoisotopic (exact) mass is 434 g/mol. The van der Waals surface area contributed by atoms with Gasteiger partial charge in [-0.1, -0.05) is 30.9 Å². The number of aromatic amines is 1. The Morgan fingerprint density at radius 2 is 2.06 bits per heavy atom. The third-order valence-electron chi connectivity index (χ3n) is 6.14. The molecule has 9 heteroatoms. The second-order valence-electron chi connectivity index (χ2n) is 7.84. The fourth-order valence-corrected chi connectivity index (χ4v) is 4.48. The summed E-state index contributed by atoms with van der Waals surface area (Å²) in [6, 6.07) is 13.3. The van der Waals surface area contributed by atoms with E-state index in [0.717, 1.165) is 24.2 Å². The Bertz CT molecular complexity index is 1640. The molecule has 0 spiro atoms. The molecule has 1 N–H and O–H groups in total. The van der Waals surface area contributed by atoms with E-state index in [0.29, 0.717) is 33.8 Å². The van der Waals surface area contributed by atoms with Crippen LogP contribution in [0.5, 0.6) is 0 Å². The summed E-state index contributed by atoms with van der Waals surface area (Å²) in [6.07, 6.45) is 7.35. The Hall–Kier alpha value is -4.71. The number of H-pyrrole nitrogens is 1. The summed E-state index contributed by atoms with van der Waals surface area (Å²) in [4.78, 5) is 27.6. The number of fused-ring (bicyclic) bond motifs is 2. The van der Waals surface area contributed by atoms with Gasteiger partial charge in [0.25, 0.3) is 5.56 Å². The fraction of sp³-hybridized carbons (Fsp3) is 0.125. The van der Waals surface area contributed by atoms with Gasteiger partial charge in [0.05, 0.1) is 22.7 Å². The van der Waals surface area contributed by atoms with Crippen molar-refractivity contribution in [2.24, 2.45) is 0 Å². The topological polar surface area (TPSA) is 108 Å². The minimum absolute atomic E-state index is 0.162. The van der Waals surface area contributed by atoms with E-state index >= 15 is 0 Å². The van der Waals surface area contributed by atoms with E-state index in [1.807, 2.05) is 36.4 Å². The van der Waals surface area contributed by atoms with Crippen molar-refractivity contribution in [1.29, 1.82) is 5.26 Å². The molecule has 0 amide bonds. The zero-order chi connectivity index (χ0) is 22.5. The maximum absolute atomic E-state index is 13.7. The molecule has 160 valence electrons. The van der Waals surface area contributed by atoms with E-state index in [9.17, 15) is 10.1 Å². The molecule has 1 aliphatic heterocycles. The summed E-state index contributed by atoms with van der Waals surface area (Å²) in [5, 5.41) is 15.1. The van der Waals surface area contributed by atoms with Gasteiger partial charge < -0.3 is 9.88 Å². The molecule has 0 saturated carbocycles. The van der Waals surface area contributed by atoms with Gasteiger partial charge in [0, 0.05) is 24.5 Å². The van der Waals surface area contributed by atoms with Gasteiger partial charge in [0.2, 0.25) is 0 Å². The fourth-order valence-electron chi connectivity index (χ4n) is 4.48. The molecule has 0 unspecified atom stereocenters. The molecule has 1 saturated heterocycles. The number of nitriles is 1. The molecule has 4 aromatic heterocycles. The summed E-state index contributed by atoms with van der Waals surface area (Å²) >= 11 is 0. The molecule has 1 atom stereocenters. The summed E-state index contributed by atoms with van der Waals surface area (Å²) < 4.78 is 3.29. The van der Waals surface area contributed by atoms with E-state index in [-0.39, 0.29) is 11.6 Å². The Kier molecular flexibility index (Phi) is 4.13. The second-order valence-corrected chi connectivity index (χ2v) is 7.84. The van der Waals surface area contributed by atoms with Crippen molar-refractivity contribution in [2.75, 3.05) is 11.4 Å². The quantitative estimate of drug-likeness (QED) is 0.465. The number of hydrogen-bond donors (Lipinski definition) is 1. The maximum atomic E-state index is 13.7. The highest BCUT2D eigenvalue weighted by Gasteiger charge is 2.37. The van der Waals surface area contributed by atoms with E-state index < -0.39 is 0 Å². The maximum Gasteiger partial charge on any atom is 0.283 e. The van der Waals surface area contributed by atoms with Gasteiger partial charge in [0.1, 0.15) is 29.4 Å². The smallest absolute Gasteiger partial charge is 0.283 e. The van der Waals surface area contributed by atoms with Gasteiger partial charge in [-0.15, -0.1) is 0 Å². The van der Waals surface area contributed by atoms with Crippen molar-refractivity contribution in [3.8, 4) is 11.8 Å². The number of nitrogens with zero attached hydrogens (tertiary/aromatic N) is 7. The molecule has 0 radical (unpaired) electrons. The van der Waals surface area contributed by atoms with Gasteiger partial charge >= 0.3 is 0 Å². The standard InChI is InChI=1S/C24H18N8O/c1-2-15-8-11-31-20(15)24(33)32(17-6-4-3-5-7-17)22(29-31)18-9-10-30(18)23-19-16(12-25)13-26-21(19)27-14-28-23/h2-8,11,13-14,18H,1,9-10H2,(H,26,27,28)/t18-/m0/s1. The lowest BCUT2D eigenvalue weighted by molar-refractivity contribution is 0.424. The molecule has 0 aliphatic carbocycles. The van der Waals surface area contributed by atoms with Crippen LogP contribution in [-0.4, -0.2) is 35.7 Å².